The predicted molar refractivity (Wildman–Crippen MR) is 75.9 cm³/mol. The fraction of sp³-hybridized carbons (Fsp3) is 0.400. The Bertz CT molecular complexity index is 675. The molecular weight excluding hydrogens is 256 g/mol. The Balaban J connectivity index is 2.15. The number of nitrogens with one attached hydrogen (secondary N) is 1. The summed E-state index contributed by atoms with van der Waals surface area (Å²) in [6, 6.07) is 4.05. The van der Waals surface area contributed by atoms with Gasteiger partial charge in [0, 0.05) is 24.0 Å². The van der Waals surface area contributed by atoms with Crippen molar-refractivity contribution in [3.05, 3.63) is 34.6 Å². The number of rotatable bonds is 2. The zero-order valence-electron chi connectivity index (χ0n) is 11.7. The van der Waals surface area contributed by atoms with Crippen LogP contribution in [0.2, 0.25) is 0 Å². The third kappa shape index (κ3) is 2.14. The summed E-state index contributed by atoms with van der Waals surface area (Å²) in [5, 5.41) is 12.3. The molecule has 1 aliphatic heterocycles. The number of likely N-dealkylation sites (N-methyl/N-ethyl adjacent to an activating group) is 1. The predicted octanol–water partition coefficient (Wildman–Crippen LogP) is 2.50. The lowest BCUT2D eigenvalue weighted by atomic mass is 9.99. The van der Waals surface area contributed by atoms with Crippen LogP contribution in [0.3, 0.4) is 0 Å². The summed E-state index contributed by atoms with van der Waals surface area (Å²) in [4.78, 5) is 12.9. The summed E-state index contributed by atoms with van der Waals surface area (Å²) in [5.41, 5.74) is 4.57. The number of carbonyl (C=O) groups is 1. The zero-order chi connectivity index (χ0) is 14.3. The molecule has 2 heterocycles. The molecule has 20 heavy (non-hydrogen) atoms. The molecule has 0 saturated carbocycles. The highest BCUT2D eigenvalue weighted by atomic mass is 16.4. The summed E-state index contributed by atoms with van der Waals surface area (Å²) < 4.78 is 5.87. The Labute approximate surface area is 117 Å². The van der Waals surface area contributed by atoms with E-state index in [1.807, 2.05) is 6.07 Å². The lowest BCUT2D eigenvalue weighted by molar-refractivity contribution is 0.193. The summed E-state index contributed by atoms with van der Waals surface area (Å²) in [6.07, 6.45) is -0.0334. The number of benzene rings is 1. The molecule has 2 aromatic rings. The van der Waals surface area contributed by atoms with Crippen molar-refractivity contribution in [2.24, 2.45) is 0 Å². The quantitative estimate of drug-likeness (QED) is 0.883. The summed E-state index contributed by atoms with van der Waals surface area (Å²) in [6.45, 7) is 4.12. The van der Waals surface area contributed by atoms with Crippen LogP contribution in [0, 0.1) is 6.92 Å². The minimum atomic E-state index is -1.03. The average molecular weight is 274 g/mol. The van der Waals surface area contributed by atoms with Crippen LogP contribution < -0.4 is 5.32 Å². The van der Waals surface area contributed by atoms with E-state index >= 15 is 0 Å². The second kappa shape index (κ2) is 4.83. The van der Waals surface area contributed by atoms with Crippen molar-refractivity contribution in [2.75, 3.05) is 13.6 Å². The minimum absolute atomic E-state index is 0.214. The maximum Gasteiger partial charge on any atom is 0.405 e. The van der Waals surface area contributed by atoms with Crippen molar-refractivity contribution in [3.63, 3.8) is 0 Å². The molecular formula is C15H18N2O3. The van der Waals surface area contributed by atoms with Gasteiger partial charge in [0.05, 0.1) is 6.54 Å². The van der Waals surface area contributed by atoms with Crippen molar-refractivity contribution >= 4 is 17.1 Å². The van der Waals surface area contributed by atoms with E-state index in [0.29, 0.717) is 0 Å². The molecule has 5 nitrogen and oxygen atoms in total. The number of furan rings is 1. The fourth-order valence-electron chi connectivity index (χ4n) is 2.92. The molecule has 1 amide bonds. The second-order valence-electron chi connectivity index (χ2n) is 5.38. The van der Waals surface area contributed by atoms with Gasteiger partial charge in [-0.15, -0.1) is 0 Å². The number of aryl methyl sites for hydroxylation is 1. The molecule has 0 fully saturated rings. The molecule has 1 aromatic heterocycles. The summed E-state index contributed by atoms with van der Waals surface area (Å²) >= 11 is 0. The van der Waals surface area contributed by atoms with Crippen LogP contribution in [0.15, 0.2) is 16.5 Å². The van der Waals surface area contributed by atoms with Crippen LogP contribution in [0.5, 0.6) is 0 Å². The SMILES string of the molecule is Cc1ccc2oc(CNC(=O)O)c3c2c1CCN(C)C3. The molecule has 0 bridgehead atoms. The van der Waals surface area contributed by atoms with Gasteiger partial charge in [-0.1, -0.05) is 6.07 Å². The van der Waals surface area contributed by atoms with E-state index in [9.17, 15) is 4.79 Å². The summed E-state index contributed by atoms with van der Waals surface area (Å²) in [7, 11) is 2.08. The van der Waals surface area contributed by atoms with Crippen molar-refractivity contribution in [1.29, 1.82) is 0 Å². The molecule has 3 rings (SSSR count). The van der Waals surface area contributed by atoms with E-state index in [1.54, 1.807) is 0 Å². The van der Waals surface area contributed by atoms with Crippen molar-refractivity contribution in [3.8, 4) is 0 Å². The van der Waals surface area contributed by atoms with Gasteiger partial charge in [0.2, 0.25) is 0 Å². The Kier molecular flexibility index (Phi) is 3.14. The Morgan fingerprint density at radius 2 is 2.25 bits per heavy atom. The molecule has 0 radical (unpaired) electrons. The van der Waals surface area contributed by atoms with Gasteiger partial charge in [0.15, 0.2) is 0 Å². The molecule has 2 N–H and O–H groups in total. The maximum atomic E-state index is 10.7. The Morgan fingerprint density at radius 3 is 3.00 bits per heavy atom. The van der Waals surface area contributed by atoms with Crippen LogP contribution in [0.25, 0.3) is 11.0 Å². The first-order valence-electron chi connectivity index (χ1n) is 6.74. The number of carboxylic acid groups (broad SMARTS) is 1. The maximum absolute atomic E-state index is 10.7. The van der Waals surface area contributed by atoms with E-state index < -0.39 is 6.09 Å². The minimum Gasteiger partial charge on any atom is -0.465 e. The molecule has 0 spiro atoms. The standard InChI is InChI=1S/C15H18N2O3/c1-9-3-4-12-14-10(9)5-6-17(2)8-11(14)13(20-12)7-16-15(18)19/h3-4,16H,5-8H2,1-2H3,(H,18,19). The first-order valence-corrected chi connectivity index (χ1v) is 6.74. The number of hydrogen-bond donors (Lipinski definition) is 2. The normalized spacial score (nSPS) is 15.3. The zero-order valence-corrected chi connectivity index (χ0v) is 11.7. The van der Waals surface area contributed by atoms with E-state index in [-0.39, 0.29) is 6.54 Å². The van der Waals surface area contributed by atoms with Crippen molar-refractivity contribution < 1.29 is 14.3 Å². The molecule has 0 saturated heterocycles. The van der Waals surface area contributed by atoms with Crippen LogP contribution in [-0.2, 0) is 19.5 Å². The number of nitrogens with zero attached hydrogens (tertiary/aromatic N) is 1. The summed E-state index contributed by atoms with van der Waals surface area (Å²) in [5.74, 6) is 0.725. The molecule has 0 unspecified atom stereocenters. The Hall–Kier alpha value is -2.01. The van der Waals surface area contributed by atoms with Gasteiger partial charge < -0.3 is 19.7 Å². The van der Waals surface area contributed by atoms with Gasteiger partial charge in [-0.2, -0.15) is 0 Å². The van der Waals surface area contributed by atoms with Gasteiger partial charge in [-0.3, -0.25) is 0 Å². The number of amides is 1. The molecule has 0 aliphatic carbocycles. The van der Waals surface area contributed by atoms with Crippen LogP contribution in [-0.4, -0.2) is 29.7 Å². The first kappa shape index (κ1) is 13.0. The van der Waals surface area contributed by atoms with E-state index in [4.69, 9.17) is 9.52 Å². The lowest BCUT2D eigenvalue weighted by Crippen LogP contribution is -2.22. The third-order valence-electron chi connectivity index (χ3n) is 3.95. The van der Waals surface area contributed by atoms with E-state index in [0.717, 1.165) is 36.4 Å². The van der Waals surface area contributed by atoms with Crippen LogP contribution in [0.1, 0.15) is 22.5 Å². The van der Waals surface area contributed by atoms with Gasteiger partial charge in [0.1, 0.15) is 11.3 Å². The Morgan fingerprint density at radius 1 is 1.45 bits per heavy atom. The van der Waals surface area contributed by atoms with E-state index in [1.165, 1.54) is 16.5 Å². The molecule has 106 valence electrons. The van der Waals surface area contributed by atoms with E-state index in [2.05, 4.69) is 30.3 Å². The average Bonchev–Trinajstić information content (AvgIpc) is 2.62. The lowest BCUT2D eigenvalue weighted by Gasteiger charge is -2.13. The van der Waals surface area contributed by atoms with Gasteiger partial charge >= 0.3 is 6.09 Å². The van der Waals surface area contributed by atoms with Crippen molar-refractivity contribution in [1.82, 2.24) is 10.2 Å². The second-order valence-corrected chi connectivity index (χ2v) is 5.38. The number of hydrogen-bond acceptors (Lipinski definition) is 3. The highest BCUT2D eigenvalue weighted by Crippen LogP contribution is 2.34. The largest absolute Gasteiger partial charge is 0.465 e. The highest BCUT2D eigenvalue weighted by molar-refractivity contribution is 5.87. The smallest absolute Gasteiger partial charge is 0.405 e. The van der Waals surface area contributed by atoms with Gasteiger partial charge in [-0.25, -0.2) is 4.79 Å². The monoisotopic (exact) mass is 274 g/mol. The highest BCUT2D eigenvalue weighted by Gasteiger charge is 2.22. The fourth-order valence-corrected chi connectivity index (χ4v) is 2.92. The molecule has 1 aromatic carbocycles. The molecule has 1 aliphatic rings. The molecule has 0 atom stereocenters. The van der Waals surface area contributed by atoms with Crippen molar-refractivity contribution in [2.45, 2.75) is 26.4 Å². The first-order chi connectivity index (χ1) is 9.56. The van der Waals surface area contributed by atoms with Crippen LogP contribution in [0.4, 0.5) is 4.79 Å². The third-order valence-corrected chi connectivity index (χ3v) is 3.95. The van der Waals surface area contributed by atoms with Crippen LogP contribution >= 0.6 is 0 Å². The van der Waals surface area contributed by atoms with Gasteiger partial charge in [-0.05, 0) is 37.6 Å². The molecule has 5 heteroatoms. The van der Waals surface area contributed by atoms with Gasteiger partial charge in [0.25, 0.3) is 0 Å². The topological polar surface area (TPSA) is 65.7 Å².